The summed E-state index contributed by atoms with van der Waals surface area (Å²) in [5, 5.41) is 5.21. The summed E-state index contributed by atoms with van der Waals surface area (Å²) in [5.74, 6) is -1.16. The highest BCUT2D eigenvalue weighted by Crippen LogP contribution is 2.29. The lowest BCUT2D eigenvalue weighted by Gasteiger charge is -2.23. The summed E-state index contributed by atoms with van der Waals surface area (Å²) in [6, 6.07) is 18.5. The molecule has 1 aliphatic heterocycles. The predicted molar refractivity (Wildman–Crippen MR) is 144 cm³/mol. The fraction of sp³-hybridized carbons (Fsp3) is 0.286. The summed E-state index contributed by atoms with van der Waals surface area (Å²) in [6.07, 6.45) is 0.376. The molecule has 196 valence electrons. The molecule has 10 heteroatoms. The van der Waals surface area contributed by atoms with Gasteiger partial charge in [0.05, 0.1) is 39.5 Å². The van der Waals surface area contributed by atoms with E-state index in [2.05, 4.69) is 5.10 Å². The summed E-state index contributed by atoms with van der Waals surface area (Å²) in [4.78, 5) is 32.3. The molecule has 1 saturated heterocycles. The standard InChI is InChI=1S/C28H28N4O5S/c1-18-9-11-21(12-10-18)32-27-26(19(2)30-32)23(15-24(29-27)20-7-5-4-6-8-20)28(34)37-16-25(33)31(3)22-13-14-38(35,36)17-22/h4-12,15,22H,13-14,16-17H2,1-3H3/t22-/m0/s1. The number of nitrogens with zero attached hydrogens (tertiary/aromatic N) is 4. The molecule has 1 aliphatic rings. The first kappa shape index (κ1) is 25.6. The van der Waals surface area contributed by atoms with E-state index in [1.165, 1.54) is 11.9 Å². The highest BCUT2D eigenvalue weighted by Gasteiger charge is 2.33. The van der Waals surface area contributed by atoms with Gasteiger partial charge in [-0.3, -0.25) is 4.79 Å². The Labute approximate surface area is 221 Å². The van der Waals surface area contributed by atoms with E-state index in [-0.39, 0.29) is 17.1 Å². The molecule has 4 aromatic rings. The van der Waals surface area contributed by atoms with Gasteiger partial charge in [0.1, 0.15) is 0 Å². The first-order chi connectivity index (χ1) is 18.1. The predicted octanol–water partition coefficient (Wildman–Crippen LogP) is 3.51. The maximum Gasteiger partial charge on any atom is 0.339 e. The van der Waals surface area contributed by atoms with Crippen molar-refractivity contribution in [3.8, 4) is 16.9 Å². The van der Waals surface area contributed by atoms with Crippen LogP contribution in [0.2, 0.25) is 0 Å². The van der Waals surface area contributed by atoms with Gasteiger partial charge < -0.3 is 9.64 Å². The summed E-state index contributed by atoms with van der Waals surface area (Å²) in [7, 11) is -1.61. The van der Waals surface area contributed by atoms with E-state index in [1.807, 2.05) is 61.5 Å². The number of hydrogen-bond donors (Lipinski definition) is 0. The van der Waals surface area contributed by atoms with Crippen molar-refractivity contribution in [3.63, 3.8) is 0 Å². The minimum Gasteiger partial charge on any atom is -0.452 e. The van der Waals surface area contributed by atoms with E-state index < -0.39 is 34.4 Å². The average molecular weight is 533 g/mol. The van der Waals surface area contributed by atoms with E-state index in [9.17, 15) is 18.0 Å². The minimum absolute atomic E-state index is 0.0522. The molecule has 9 nitrogen and oxygen atoms in total. The number of carbonyl (C=O) groups excluding carboxylic acids is 2. The number of ether oxygens (including phenoxy) is 1. The second kappa shape index (κ2) is 10.0. The number of esters is 1. The molecule has 1 amide bonds. The highest BCUT2D eigenvalue weighted by atomic mass is 32.2. The second-order valence-electron chi connectivity index (χ2n) is 9.59. The molecule has 0 radical (unpaired) electrons. The Balaban J connectivity index is 1.50. The molecule has 3 heterocycles. The number of rotatable bonds is 6. The summed E-state index contributed by atoms with van der Waals surface area (Å²) in [6.45, 7) is 3.30. The largest absolute Gasteiger partial charge is 0.452 e. The first-order valence-electron chi connectivity index (χ1n) is 12.3. The third-order valence-electron chi connectivity index (χ3n) is 6.86. The van der Waals surface area contributed by atoms with Crippen LogP contribution in [0.3, 0.4) is 0 Å². The monoisotopic (exact) mass is 532 g/mol. The molecule has 0 aliphatic carbocycles. The molecule has 0 bridgehead atoms. The number of hydrogen-bond acceptors (Lipinski definition) is 7. The van der Waals surface area contributed by atoms with Gasteiger partial charge in [-0.2, -0.15) is 5.10 Å². The summed E-state index contributed by atoms with van der Waals surface area (Å²) < 4.78 is 30.8. The number of likely N-dealkylation sites (N-methyl/N-ethyl adjacent to an activating group) is 1. The molecule has 1 atom stereocenters. The molecular weight excluding hydrogens is 504 g/mol. The maximum atomic E-state index is 13.4. The molecule has 0 N–H and O–H groups in total. The van der Waals surface area contributed by atoms with Gasteiger partial charge in [0.2, 0.25) is 0 Å². The number of pyridine rings is 1. The zero-order chi connectivity index (χ0) is 27.0. The lowest BCUT2D eigenvalue weighted by Crippen LogP contribution is -2.40. The number of fused-ring (bicyclic) bond motifs is 1. The Hall–Kier alpha value is -4.05. The zero-order valence-corrected chi connectivity index (χ0v) is 22.2. The molecule has 0 saturated carbocycles. The Kier molecular flexibility index (Phi) is 6.75. The van der Waals surface area contributed by atoms with Gasteiger partial charge in [0.15, 0.2) is 22.1 Å². The summed E-state index contributed by atoms with van der Waals surface area (Å²) in [5.41, 5.74) is 4.64. The summed E-state index contributed by atoms with van der Waals surface area (Å²) >= 11 is 0. The van der Waals surface area contributed by atoms with Crippen molar-refractivity contribution < 1.29 is 22.7 Å². The van der Waals surface area contributed by atoms with Crippen LogP contribution in [0.25, 0.3) is 28.0 Å². The van der Waals surface area contributed by atoms with Crippen molar-refractivity contribution in [1.29, 1.82) is 0 Å². The number of amides is 1. The highest BCUT2D eigenvalue weighted by molar-refractivity contribution is 7.91. The zero-order valence-electron chi connectivity index (χ0n) is 21.4. The Bertz CT molecular complexity index is 1630. The van der Waals surface area contributed by atoms with Crippen molar-refractivity contribution in [3.05, 3.63) is 77.5 Å². The number of aromatic nitrogens is 3. The van der Waals surface area contributed by atoms with Crippen LogP contribution in [0.5, 0.6) is 0 Å². The molecule has 5 rings (SSSR count). The first-order valence-corrected chi connectivity index (χ1v) is 14.1. The van der Waals surface area contributed by atoms with Crippen molar-refractivity contribution >= 4 is 32.7 Å². The van der Waals surface area contributed by atoms with Crippen LogP contribution < -0.4 is 0 Å². The molecule has 0 unspecified atom stereocenters. The SMILES string of the molecule is Cc1ccc(-n2nc(C)c3c(C(=O)OCC(=O)N(C)[C@H]4CCS(=O)(=O)C4)cc(-c4ccccc4)nc32)cc1. The maximum absolute atomic E-state index is 13.4. The van der Waals surface area contributed by atoms with Crippen molar-refractivity contribution in [1.82, 2.24) is 19.7 Å². The van der Waals surface area contributed by atoms with Crippen LogP contribution in [0.1, 0.15) is 28.0 Å². The van der Waals surface area contributed by atoms with Gasteiger partial charge in [-0.25, -0.2) is 22.9 Å². The van der Waals surface area contributed by atoms with E-state index in [4.69, 9.17) is 9.72 Å². The van der Waals surface area contributed by atoms with Gasteiger partial charge in [0, 0.05) is 18.7 Å². The van der Waals surface area contributed by atoms with Crippen LogP contribution >= 0.6 is 0 Å². The van der Waals surface area contributed by atoms with Gasteiger partial charge in [0.25, 0.3) is 5.91 Å². The quantitative estimate of drug-likeness (QED) is 0.350. The van der Waals surface area contributed by atoms with Gasteiger partial charge in [-0.05, 0) is 38.5 Å². The molecule has 2 aromatic heterocycles. The van der Waals surface area contributed by atoms with Gasteiger partial charge in [-0.15, -0.1) is 0 Å². The second-order valence-corrected chi connectivity index (χ2v) is 11.8. The van der Waals surface area contributed by atoms with E-state index in [0.29, 0.717) is 28.8 Å². The third-order valence-corrected chi connectivity index (χ3v) is 8.61. The van der Waals surface area contributed by atoms with Gasteiger partial charge >= 0.3 is 5.97 Å². The van der Waals surface area contributed by atoms with E-state index >= 15 is 0 Å². The van der Waals surface area contributed by atoms with Crippen LogP contribution in [0, 0.1) is 13.8 Å². The van der Waals surface area contributed by atoms with Crippen LogP contribution in [0.4, 0.5) is 0 Å². The van der Waals surface area contributed by atoms with Crippen LogP contribution in [0.15, 0.2) is 60.7 Å². The minimum atomic E-state index is -3.15. The number of sulfone groups is 1. The molecule has 1 fully saturated rings. The lowest BCUT2D eigenvalue weighted by molar-refractivity contribution is -0.134. The number of benzene rings is 2. The van der Waals surface area contributed by atoms with E-state index in [0.717, 1.165) is 16.8 Å². The molecule has 2 aromatic carbocycles. The third kappa shape index (κ3) is 5.04. The fourth-order valence-electron chi connectivity index (χ4n) is 4.66. The van der Waals surface area contributed by atoms with Gasteiger partial charge in [-0.1, -0.05) is 48.0 Å². The van der Waals surface area contributed by atoms with Crippen molar-refractivity contribution in [2.45, 2.75) is 26.3 Å². The topological polar surface area (TPSA) is 111 Å². The molecule has 0 spiro atoms. The van der Waals surface area contributed by atoms with Crippen molar-refractivity contribution in [2.24, 2.45) is 0 Å². The van der Waals surface area contributed by atoms with Crippen LogP contribution in [-0.2, 0) is 19.4 Å². The smallest absolute Gasteiger partial charge is 0.339 e. The lowest BCUT2D eigenvalue weighted by atomic mass is 10.1. The average Bonchev–Trinajstić information content (AvgIpc) is 3.45. The van der Waals surface area contributed by atoms with Crippen LogP contribution in [-0.4, -0.2) is 71.2 Å². The Morgan fingerprint density at radius 1 is 1.08 bits per heavy atom. The van der Waals surface area contributed by atoms with E-state index in [1.54, 1.807) is 17.7 Å². The molecular formula is C28H28N4O5S. The molecule has 38 heavy (non-hydrogen) atoms. The Morgan fingerprint density at radius 2 is 1.79 bits per heavy atom. The Morgan fingerprint density at radius 3 is 2.45 bits per heavy atom. The number of aryl methyl sites for hydroxylation is 2. The fourth-order valence-corrected chi connectivity index (χ4v) is 6.44. The number of carbonyl (C=O) groups is 2. The van der Waals surface area contributed by atoms with Crippen molar-refractivity contribution in [2.75, 3.05) is 25.2 Å². The normalized spacial score (nSPS) is 16.4.